The number of hydrogen-bond donors (Lipinski definition) is 1. The number of nitrogens with zero attached hydrogens (tertiary/aromatic N) is 1. The van der Waals surface area contributed by atoms with Crippen LogP contribution >= 0.6 is 22.9 Å². The molecule has 0 saturated heterocycles. The molecule has 2 rings (SSSR count). The first kappa shape index (κ1) is 15.3. The zero-order valence-electron chi connectivity index (χ0n) is 10.7. The number of non-ortho nitro benzene ring substituents is 1. The van der Waals surface area contributed by atoms with Crippen LogP contribution in [0.4, 0.5) is 5.69 Å². The third kappa shape index (κ3) is 4.20. The molecule has 0 spiro atoms. The fourth-order valence-corrected chi connectivity index (χ4v) is 2.54. The third-order valence-electron chi connectivity index (χ3n) is 2.45. The van der Waals surface area contributed by atoms with Gasteiger partial charge in [0.05, 0.1) is 14.8 Å². The van der Waals surface area contributed by atoms with Crippen molar-refractivity contribution in [2.24, 2.45) is 0 Å². The van der Waals surface area contributed by atoms with Crippen molar-refractivity contribution in [1.82, 2.24) is 0 Å². The highest BCUT2D eigenvalue weighted by atomic mass is 35.5. The Hall–Kier alpha value is -2.07. The number of aliphatic hydroxyl groups is 1. The Balaban J connectivity index is 2.03. The minimum absolute atomic E-state index is 0.0787. The van der Waals surface area contributed by atoms with E-state index in [-0.39, 0.29) is 17.3 Å². The molecule has 2 aromatic rings. The van der Waals surface area contributed by atoms with E-state index in [2.05, 4.69) is 11.8 Å². The van der Waals surface area contributed by atoms with Gasteiger partial charge < -0.3 is 9.84 Å². The standard InChI is InChI=1S/C14H10ClNO4S/c15-13-8-10(16(18)19)3-6-14(13)20-9-12-5-4-11(21-12)2-1-7-17/h3-6,8,17H,7,9H2. The Kier molecular flexibility index (Phi) is 5.17. The van der Waals surface area contributed by atoms with Gasteiger partial charge in [0.15, 0.2) is 0 Å². The van der Waals surface area contributed by atoms with E-state index in [1.165, 1.54) is 29.5 Å². The molecule has 5 nitrogen and oxygen atoms in total. The zero-order valence-corrected chi connectivity index (χ0v) is 12.3. The number of thiophene rings is 1. The smallest absolute Gasteiger partial charge is 0.271 e. The lowest BCUT2D eigenvalue weighted by Gasteiger charge is -2.06. The predicted octanol–water partition coefficient (Wildman–Crippen LogP) is 3.23. The van der Waals surface area contributed by atoms with Gasteiger partial charge in [-0.3, -0.25) is 10.1 Å². The van der Waals surface area contributed by atoms with Crippen molar-refractivity contribution in [2.45, 2.75) is 6.61 Å². The highest BCUT2D eigenvalue weighted by Crippen LogP contribution is 2.29. The highest BCUT2D eigenvalue weighted by molar-refractivity contribution is 7.12. The summed E-state index contributed by atoms with van der Waals surface area (Å²) in [7, 11) is 0. The van der Waals surface area contributed by atoms with Gasteiger partial charge in [-0.05, 0) is 18.2 Å². The topological polar surface area (TPSA) is 72.6 Å². The van der Waals surface area contributed by atoms with Crippen molar-refractivity contribution < 1.29 is 14.8 Å². The van der Waals surface area contributed by atoms with Gasteiger partial charge in [-0.2, -0.15) is 0 Å². The van der Waals surface area contributed by atoms with Crippen LogP contribution in [0.1, 0.15) is 9.75 Å². The van der Waals surface area contributed by atoms with Crippen LogP contribution in [-0.4, -0.2) is 16.6 Å². The Morgan fingerprint density at radius 1 is 1.38 bits per heavy atom. The summed E-state index contributed by atoms with van der Waals surface area (Å²) < 4.78 is 5.53. The molecule has 0 unspecified atom stereocenters. The molecule has 1 aromatic heterocycles. The molecular formula is C14H10ClNO4S. The molecule has 108 valence electrons. The molecule has 1 N–H and O–H groups in total. The molecule has 0 amide bonds. The number of nitro benzene ring substituents is 1. The minimum atomic E-state index is -0.513. The van der Waals surface area contributed by atoms with Gasteiger partial charge >= 0.3 is 0 Å². The molecule has 0 aliphatic rings. The maximum absolute atomic E-state index is 10.6. The van der Waals surface area contributed by atoms with E-state index in [4.69, 9.17) is 21.4 Å². The number of rotatable bonds is 4. The molecule has 0 bridgehead atoms. The van der Waals surface area contributed by atoms with Crippen LogP contribution in [0.5, 0.6) is 5.75 Å². The summed E-state index contributed by atoms with van der Waals surface area (Å²) in [4.78, 5) is 11.9. The van der Waals surface area contributed by atoms with Gasteiger partial charge in [0.1, 0.15) is 19.0 Å². The largest absolute Gasteiger partial charge is 0.486 e. The number of halogens is 1. The SMILES string of the molecule is O=[N+]([O-])c1ccc(OCc2ccc(C#CCO)s2)c(Cl)c1. The Morgan fingerprint density at radius 2 is 2.19 bits per heavy atom. The summed E-state index contributed by atoms with van der Waals surface area (Å²) in [6.45, 7) is 0.116. The molecule has 1 heterocycles. The second kappa shape index (κ2) is 7.09. The van der Waals surface area contributed by atoms with Gasteiger partial charge in [0.2, 0.25) is 0 Å². The molecule has 7 heteroatoms. The van der Waals surface area contributed by atoms with Crippen molar-refractivity contribution in [3.05, 3.63) is 55.2 Å². The molecular weight excluding hydrogens is 314 g/mol. The first-order valence-corrected chi connectivity index (χ1v) is 7.05. The van der Waals surface area contributed by atoms with E-state index in [1.54, 1.807) is 0 Å². The van der Waals surface area contributed by atoms with Crippen LogP contribution < -0.4 is 4.74 Å². The van der Waals surface area contributed by atoms with Crippen molar-refractivity contribution in [3.8, 4) is 17.6 Å². The molecule has 0 saturated carbocycles. The number of nitro groups is 1. The monoisotopic (exact) mass is 323 g/mol. The highest BCUT2D eigenvalue weighted by Gasteiger charge is 2.10. The summed E-state index contributed by atoms with van der Waals surface area (Å²) in [5.41, 5.74) is -0.0787. The number of hydrogen-bond acceptors (Lipinski definition) is 5. The maximum Gasteiger partial charge on any atom is 0.271 e. The average Bonchev–Trinajstić information content (AvgIpc) is 2.91. The van der Waals surface area contributed by atoms with Crippen LogP contribution in [0.15, 0.2) is 30.3 Å². The molecule has 0 aliphatic heterocycles. The Bertz CT molecular complexity index is 717. The first-order chi connectivity index (χ1) is 10.1. The lowest BCUT2D eigenvalue weighted by atomic mass is 10.3. The van der Waals surface area contributed by atoms with Crippen LogP contribution in [0.3, 0.4) is 0 Å². The minimum Gasteiger partial charge on any atom is -0.486 e. The van der Waals surface area contributed by atoms with Gasteiger partial charge in [-0.15, -0.1) is 11.3 Å². The van der Waals surface area contributed by atoms with Gasteiger partial charge in [0.25, 0.3) is 5.69 Å². The average molecular weight is 324 g/mol. The molecule has 0 atom stereocenters. The van der Waals surface area contributed by atoms with Crippen molar-refractivity contribution in [2.75, 3.05) is 6.61 Å². The van der Waals surface area contributed by atoms with E-state index < -0.39 is 4.92 Å². The van der Waals surface area contributed by atoms with Crippen molar-refractivity contribution >= 4 is 28.6 Å². The summed E-state index contributed by atoms with van der Waals surface area (Å²) in [5, 5.41) is 19.4. The van der Waals surface area contributed by atoms with Gasteiger partial charge in [0, 0.05) is 17.0 Å². The molecule has 0 aliphatic carbocycles. The summed E-state index contributed by atoms with van der Waals surface area (Å²) in [6, 6.07) is 7.77. The lowest BCUT2D eigenvalue weighted by molar-refractivity contribution is -0.384. The van der Waals surface area contributed by atoms with E-state index >= 15 is 0 Å². The van der Waals surface area contributed by atoms with Crippen molar-refractivity contribution in [1.29, 1.82) is 0 Å². The summed E-state index contributed by atoms with van der Waals surface area (Å²) in [6.07, 6.45) is 0. The number of benzene rings is 1. The maximum atomic E-state index is 10.6. The Labute approximate surface area is 129 Å². The fraction of sp³-hybridized carbons (Fsp3) is 0.143. The second-order valence-corrected chi connectivity index (χ2v) is 5.46. The van der Waals surface area contributed by atoms with Crippen LogP contribution in [0.2, 0.25) is 5.02 Å². The second-order valence-electron chi connectivity index (χ2n) is 3.89. The van der Waals surface area contributed by atoms with Crippen LogP contribution in [-0.2, 0) is 6.61 Å². The van der Waals surface area contributed by atoms with E-state index in [1.807, 2.05) is 12.1 Å². The third-order valence-corrected chi connectivity index (χ3v) is 3.72. The Morgan fingerprint density at radius 3 is 2.86 bits per heavy atom. The van der Waals surface area contributed by atoms with Crippen molar-refractivity contribution in [3.63, 3.8) is 0 Å². The molecule has 0 radical (unpaired) electrons. The van der Waals surface area contributed by atoms with E-state index in [9.17, 15) is 10.1 Å². The fourth-order valence-electron chi connectivity index (χ4n) is 1.52. The normalized spacial score (nSPS) is 9.81. The first-order valence-electron chi connectivity index (χ1n) is 5.85. The molecule has 21 heavy (non-hydrogen) atoms. The molecule has 1 aromatic carbocycles. The zero-order chi connectivity index (χ0) is 15.2. The molecule has 0 fully saturated rings. The summed E-state index contributed by atoms with van der Waals surface area (Å²) in [5.74, 6) is 5.76. The van der Waals surface area contributed by atoms with Crippen LogP contribution in [0.25, 0.3) is 0 Å². The van der Waals surface area contributed by atoms with Gasteiger partial charge in [-0.1, -0.05) is 23.4 Å². The number of ether oxygens (including phenoxy) is 1. The quantitative estimate of drug-likeness (QED) is 0.532. The summed E-state index contributed by atoms with van der Waals surface area (Å²) >= 11 is 7.38. The number of aliphatic hydroxyl groups excluding tert-OH is 1. The lowest BCUT2D eigenvalue weighted by Crippen LogP contribution is -1.94. The van der Waals surface area contributed by atoms with Gasteiger partial charge in [-0.25, -0.2) is 0 Å². The predicted molar refractivity (Wildman–Crippen MR) is 80.7 cm³/mol. The van der Waals surface area contributed by atoms with E-state index in [0.29, 0.717) is 12.4 Å². The van der Waals surface area contributed by atoms with E-state index in [0.717, 1.165) is 9.75 Å². The van der Waals surface area contributed by atoms with Crippen LogP contribution in [0, 0.1) is 22.0 Å².